The molecule has 0 bridgehead atoms. The van der Waals surface area contributed by atoms with E-state index < -0.39 is 33.2 Å². The van der Waals surface area contributed by atoms with E-state index in [1.807, 2.05) is 6.92 Å². The van der Waals surface area contributed by atoms with E-state index in [1.54, 1.807) is 12.1 Å². The highest BCUT2D eigenvalue weighted by Crippen LogP contribution is 2.17. The maximum Gasteiger partial charge on any atom is 0.323 e. The number of aryl methyl sites for hydroxylation is 1. The van der Waals surface area contributed by atoms with Gasteiger partial charge in [0.25, 0.3) is 15.8 Å². The Bertz CT molecular complexity index is 941. The number of hydrogen-bond donors (Lipinski definition) is 2. The van der Waals surface area contributed by atoms with Gasteiger partial charge in [-0.15, -0.1) is 0 Å². The molecule has 10 heteroatoms. The summed E-state index contributed by atoms with van der Waals surface area (Å²) in [6.07, 6.45) is -1.19. The molecule has 2 atom stereocenters. The molecule has 0 amide bonds. The number of hydrogen-bond acceptors (Lipinski definition) is 7. The number of carbonyl (C=O) groups is 1. The summed E-state index contributed by atoms with van der Waals surface area (Å²) in [4.78, 5) is 21.6. The Labute approximate surface area is 162 Å². The van der Waals surface area contributed by atoms with E-state index in [2.05, 4.69) is 5.32 Å². The smallest absolute Gasteiger partial charge is 0.323 e. The fourth-order valence-corrected chi connectivity index (χ4v) is 3.52. The van der Waals surface area contributed by atoms with Crippen LogP contribution in [-0.4, -0.2) is 36.6 Å². The van der Waals surface area contributed by atoms with Gasteiger partial charge in [0.2, 0.25) is 0 Å². The highest BCUT2D eigenvalue weighted by Gasteiger charge is 2.30. The number of rotatable bonds is 9. The quantitative estimate of drug-likeness (QED) is 0.366. The van der Waals surface area contributed by atoms with Crippen molar-refractivity contribution in [1.82, 2.24) is 5.32 Å². The molecule has 0 unspecified atom stereocenters. The standard InChI is InChI=1S/C18H20N2O7S/c1-12-3-9-16(10-4-12)28(25,26)27-13(2)17(18(21)22)19-11-14-5-7-15(8-6-14)20(23)24/h3-10,13,17,19H,11H2,1-2H3,(H,21,22)/t13-,17+/m0/s1. The molecular weight excluding hydrogens is 388 g/mol. The largest absolute Gasteiger partial charge is 0.480 e. The van der Waals surface area contributed by atoms with Crippen molar-refractivity contribution < 1.29 is 27.4 Å². The Morgan fingerprint density at radius 1 is 1.18 bits per heavy atom. The molecule has 0 spiro atoms. The van der Waals surface area contributed by atoms with Crippen LogP contribution in [0.3, 0.4) is 0 Å². The van der Waals surface area contributed by atoms with E-state index >= 15 is 0 Å². The minimum Gasteiger partial charge on any atom is -0.480 e. The number of nitro groups is 1. The van der Waals surface area contributed by atoms with Crippen LogP contribution in [0.25, 0.3) is 0 Å². The first kappa shape index (κ1) is 21.5. The third-order valence-electron chi connectivity index (χ3n) is 4.00. The fourth-order valence-electron chi connectivity index (χ4n) is 2.43. The first-order chi connectivity index (χ1) is 13.1. The maximum atomic E-state index is 12.3. The fraction of sp³-hybridized carbons (Fsp3) is 0.278. The van der Waals surface area contributed by atoms with Crippen molar-refractivity contribution in [1.29, 1.82) is 0 Å². The zero-order chi connectivity index (χ0) is 20.9. The third kappa shape index (κ3) is 5.59. The SMILES string of the molecule is Cc1ccc(S(=O)(=O)O[C@@H](C)[C@@H](NCc2ccc([N+](=O)[O-])cc2)C(=O)O)cc1. The van der Waals surface area contributed by atoms with Crippen LogP contribution in [0.1, 0.15) is 18.1 Å². The van der Waals surface area contributed by atoms with Crippen molar-refractivity contribution >= 4 is 21.8 Å². The molecule has 2 rings (SSSR count). The highest BCUT2D eigenvalue weighted by atomic mass is 32.2. The van der Waals surface area contributed by atoms with E-state index in [4.69, 9.17) is 4.18 Å². The van der Waals surface area contributed by atoms with Gasteiger partial charge in [0.05, 0.1) is 9.82 Å². The molecule has 0 radical (unpaired) electrons. The van der Waals surface area contributed by atoms with Gasteiger partial charge in [-0.2, -0.15) is 8.42 Å². The molecule has 28 heavy (non-hydrogen) atoms. The van der Waals surface area contributed by atoms with Crippen LogP contribution in [0, 0.1) is 17.0 Å². The minimum absolute atomic E-state index is 0.0627. The molecule has 9 nitrogen and oxygen atoms in total. The zero-order valence-corrected chi connectivity index (χ0v) is 16.0. The van der Waals surface area contributed by atoms with Gasteiger partial charge in [-0.1, -0.05) is 29.8 Å². The summed E-state index contributed by atoms with van der Waals surface area (Å²) in [6.45, 7) is 3.21. The van der Waals surface area contributed by atoms with Gasteiger partial charge in [0, 0.05) is 18.7 Å². The summed E-state index contributed by atoms with van der Waals surface area (Å²) in [5.41, 5.74) is 1.39. The van der Waals surface area contributed by atoms with Crippen molar-refractivity contribution in [3.05, 3.63) is 69.8 Å². The topological polar surface area (TPSA) is 136 Å². The van der Waals surface area contributed by atoms with Gasteiger partial charge in [-0.25, -0.2) is 0 Å². The number of nitro benzene ring substituents is 1. The van der Waals surface area contributed by atoms with Gasteiger partial charge in [0.15, 0.2) is 0 Å². The zero-order valence-electron chi connectivity index (χ0n) is 15.2. The Morgan fingerprint density at radius 2 is 1.75 bits per heavy atom. The average molecular weight is 408 g/mol. The van der Waals surface area contributed by atoms with Gasteiger partial charge in [-0.05, 0) is 31.5 Å². The summed E-state index contributed by atoms with van der Waals surface area (Å²) in [5.74, 6) is -1.28. The molecule has 0 aliphatic heterocycles. The normalized spacial score (nSPS) is 13.6. The van der Waals surface area contributed by atoms with E-state index in [0.717, 1.165) is 5.56 Å². The second kappa shape index (κ2) is 8.91. The predicted octanol–water partition coefficient (Wildman–Crippen LogP) is 2.24. The third-order valence-corrected chi connectivity index (χ3v) is 5.40. The van der Waals surface area contributed by atoms with Crippen molar-refractivity contribution in [3.63, 3.8) is 0 Å². The molecule has 0 aromatic heterocycles. The second-order valence-corrected chi connectivity index (χ2v) is 7.76. The average Bonchev–Trinajstić information content (AvgIpc) is 2.62. The first-order valence-electron chi connectivity index (χ1n) is 8.29. The Balaban J connectivity index is 2.06. The molecule has 0 saturated heterocycles. The maximum absolute atomic E-state index is 12.3. The number of benzene rings is 2. The summed E-state index contributed by atoms with van der Waals surface area (Å²) in [6, 6.07) is 10.3. The van der Waals surface area contributed by atoms with Crippen LogP contribution in [0.4, 0.5) is 5.69 Å². The van der Waals surface area contributed by atoms with E-state index in [9.17, 15) is 28.4 Å². The van der Waals surface area contributed by atoms with Crippen LogP contribution >= 0.6 is 0 Å². The molecule has 0 aliphatic rings. The molecule has 2 N–H and O–H groups in total. The molecule has 150 valence electrons. The number of non-ortho nitro benzene ring substituents is 1. The number of aliphatic carboxylic acids is 1. The van der Waals surface area contributed by atoms with Crippen molar-refractivity contribution in [2.75, 3.05) is 0 Å². The van der Waals surface area contributed by atoms with Crippen LogP contribution in [0.2, 0.25) is 0 Å². The van der Waals surface area contributed by atoms with Gasteiger partial charge in [0.1, 0.15) is 12.1 Å². The Hall–Kier alpha value is -2.82. The van der Waals surface area contributed by atoms with Crippen LogP contribution < -0.4 is 5.32 Å². The summed E-state index contributed by atoms with van der Waals surface area (Å²) in [5, 5.41) is 22.8. The van der Waals surface area contributed by atoms with Gasteiger partial charge < -0.3 is 5.11 Å². The molecular formula is C18H20N2O7S. The second-order valence-electron chi connectivity index (χ2n) is 6.19. The highest BCUT2D eigenvalue weighted by molar-refractivity contribution is 7.86. The number of carboxylic acids is 1. The molecule has 0 heterocycles. The Morgan fingerprint density at radius 3 is 2.25 bits per heavy atom. The molecule has 0 aliphatic carbocycles. The lowest BCUT2D eigenvalue weighted by molar-refractivity contribution is -0.384. The number of nitrogens with one attached hydrogen (secondary N) is 1. The predicted molar refractivity (Wildman–Crippen MR) is 100 cm³/mol. The van der Waals surface area contributed by atoms with Crippen molar-refractivity contribution in [2.24, 2.45) is 0 Å². The van der Waals surface area contributed by atoms with Gasteiger partial charge in [-0.3, -0.25) is 24.4 Å². The van der Waals surface area contributed by atoms with Crippen LogP contribution in [0.15, 0.2) is 53.4 Å². The number of nitrogens with zero attached hydrogens (tertiary/aromatic N) is 1. The van der Waals surface area contributed by atoms with E-state index in [1.165, 1.54) is 43.3 Å². The lowest BCUT2D eigenvalue weighted by atomic mass is 10.1. The van der Waals surface area contributed by atoms with Crippen LogP contribution in [0.5, 0.6) is 0 Å². The number of carboxylic acid groups (broad SMARTS) is 1. The molecule has 0 fully saturated rings. The van der Waals surface area contributed by atoms with Crippen molar-refractivity contribution in [2.45, 2.75) is 37.4 Å². The van der Waals surface area contributed by atoms with Crippen LogP contribution in [-0.2, 0) is 25.6 Å². The lowest BCUT2D eigenvalue weighted by Gasteiger charge is -2.21. The van der Waals surface area contributed by atoms with Gasteiger partial charge >= 0.3 is 5.97 Å². The first-order valence-corrected chi connectivity index (χ1v) is 9.70. The Kier molecular flexibility index (Phi) is 6.84. The summed E-state index contributed by atoms with van der Waals surface area (Å²) >= 11 is 0. The molecule has 2 aromatic carbocycles. The van der Waals surface area contributed by atoms with E-state index in [-0.39, 0.29) is 17.1 Å². The lowest BCUT2D eigenvalue weighted by Crippen LogP contribution is -2.46. The van der Waals surface area contributed by atoms with Crippen molar-refractivity contribution in [3.8, 4) is 0 Å². The molecule has 2 aromatic rings. The summed E-state index contributed by atoms with van der Waals surface area (Å²) in [7, 11) is -4.13. The van der Waals surface area contributed by atoms with E-state index in [0.29, 0.717) is 5.56 Å². The minimum atomic E-state index is -4.13. The monoisotopic (exact) mass is 408 g/mol. The molecule has 0 saturated carbocycles. The summed E-state index contributed by atoms with van der Waals surface area (Å²) < 4.78 is 29.8.